The molecule has 2 rings (SSSR count). The summed E-state index contributed by atoms with van der Waals surface area (Å²) in [7, 11) is 0. The smallest absolute Gasteiger partial charge is 0.356 e. The Kier molecular flexibility index (Phi) is 4.08. The first-order chi connectivity index (χ1) is 9.54. The summed E-state index contributed by atoms with van der Waals surface area (Å²) < 4.78 is 5.02. The molecule has 0 aliphatic heterocycles. The molecule has 0 radical (unpaired) electrons. The standard InChI is InChI=1S/C15H18N2O3/c1-4-20-15(19)13-12(17-14(18)9(2)3)10-7-5-6-8-11(10)16-13/h5-9,16H,4H2,1-3H3,(H,17,18). The van der Waals surface area contributed by atoms with Crippen LogP contribution >= 0.6 is 0 Å². The zero-order valence-corrected chi connectivity index (χ0v) is 11.8. The summed E-state index contributed by atoms with van der Waals surface area (Å²) in [5, 5.41) is 3.60. The molecule has 5 nitrogen and oxygen atoms in total. The van der Waals surface area contributed by atoms with Crippen molar-refractivity contribution in [2.75, 3.05) is 11.9 Å². The maximum Gasteiger partial charge on any atom is 0.356 e. The number of aromatic nitrogens is 1. The molecule has 0 bridgehead atoms. The van der Waals surface area contributed by atoms with Crippen molar-refractivity contribution in [1.29, 1.82) is 0 Å². The lowest BCUT2D eigenvalue weighted by Crippen LogP contribution is -2.19. The summed E-state index contributed by atoms with van der Waals surface area (Å²) in [6.07, 6.45) is 0. The van der Waals surface area contributed by atoms with Crippen molar-refractivity contribution in [2.45, 2.75) is 20.8 Å². The van der Waals surface area contributed by atoms with Crippen LogP contribution in [0.3, 0.4) is 0 Å². The second-order valence-corrected chi connectivity index (χ2v) is 4.79. The fourth-order valence-electron chi connectivity index (χ4n) is 1.90. The molecular weight excluding hydrogens is 256 g/mol. The zero-order chi connectivity index (χ0) is 14.7. The number of fused-ring (bicyclic) bond motifs is 1. The number of anilines is 1. The van der Waals surface area contributed by atoms with Crippen LogP contribution in [0.4, 0.5) is 5.69 Å². The van der Waals surface area contributed by atoms with E-state index < -0.39 is 5.97 Å². The third-order valence-corrected chi connectivity index (χ3v) is 2.96. The number of hydrogen-bond acceptors (Lipinski definition) is 3. The lowest BCUT2D eigenvalue weighted by molar-refractivity contribution is -0.118. The van der Waals surface area contributed by atoms with Crippen LogP contribution in [0.15, 0.2) is 24.3 Å². The first-order valence-electron chi connectivity index (χ1n) is 6.63. The lowest BCUT2D eigenvalue weighted by Gasteiger charge is -2.09. The minimum Gasteiger partial charge on any atom is -0.461 e. The van der Waals surface area contributed by atoms with E-state index in [1.54, 1.807) is 20.8 Å². The molecule has 20 heavy (non-hydrogen) atoms. The quantitative estimate of drug-likeness (QED) is 0.842. The van der Waals surface area contributed by atoms with Gasteiger partial charge in [-0.15, -0.1) is 0 Å². The van der Waals surface area contributed by atoms with Gasteiger partial charge in [0, 0.05) is 16.8 Å². The zero-order valence-electron chi connectivity index (χ0n) is 11.8. The number of hydrogen-bond donors (Lipinski definition) is 2. The van der Waals surface area contributed by atoms with Crippen LogP contribution in [0.1, 0.15) is 31.3 Å². The molecule has 0 saturated heterocycles. The van der Waals surface area contributed by atoms with Gasteiger partial charge in [0.25, 0.3) is 0 Å². The Morgan fingerprint density at radius 3 is 2.65 bits per heavy atom. The largest absolute Gasteiger partial charge is 0.461 e. The molecule has 0 spiro atoms. The number of ether oxygens (including phenoxy) is 1. The SMILES string of the molecule is CCOC(=O)c1[nH]c2ccccc2c1NC(=O)C(C)C. The Hall–Kier alpha value is -2.30. The Balaban J connectivity index is 2.50. The molecule has 2 N–H and O–H groups in total. The number of para-hydroxylation sites is 1. The van der Waals surface area contributed by atoms with Gasteiger partial charge in [-0.3, -0.25) is 4.79 Å². The Bertz CT molecular complexity index is 644. The minimum atomic E-state index is -0.470. The number of carbonyl (C=O) groups is 2. The van der Waals surface area contributed by atoms with E-state index in [2.05, 4.69) is 10.3 Å². The van der Waals surface area contributed by atoms with Gasteiger partial charge < -0.3 is 15.0 Å². The van der Waals surface area contributed by atoms with Gasteiger partial charge in [-0.25, -0.2) is 4.79 Å². The van der Waals surface area contributed by atoms with Crippen molar-refractivity contribution < 1.29 is 14.3 Å². The number of amides is 1. The summed E-state index contributed by atoms with van der Waals surface area (Å²) in [6, 6.07) is 7.42. The Labute approximate surface area is 117 Å². The van der Waals surface area contributed by atoms with Crippen LogP contribution < -0.4 is 5.32 Å². The lowest BCUT2D eigenvalue weighted by atomic mass is 10.1. The number of benzene rings is 1. The molecule has 0 fully saturated rings. The van der Waals surface area contributed by atoms with Crippen molar-refractivity contribution in [3.05, 3.63) is 30.0 Å². The van der Waals surface area contributed by atoms with Gasteiger partial charge in [0.05, 0.1) is 12.3 Å². The van der Waals surface area contributed by atoms with Crippen LogP contribution in [-0.4, -0.2) is 23.5 Å². The molecule has 0 atom stereocenters. The molecule has 106 valence electrons. The van der Waals surface area contributed by atoms with Gasteiger partial charge in [0.2, 0.25) is 5.91 Å². The fourth-order valence-corrected chi connectivity index (χ4v) is 1.90. The number of nitrogens with one attached hydrogen (secondary N) is 2. The van der Waals surface area contributed by atoms with E-state index in [1.165, 1.54) is 0 Å². The van der Waals surface area contributed by atoms with Crippen LogP contribution in [-0.2, 0) is 9.53 Å². The molecule has 1 aromatic carbocycles. The highest BCUT2D eigenvalue weighted by Crippen LogP contribution is 2.28. The number of rotatable bonds is 4. The van der Waals surface area contributed by atoms with Crippen LogP contribution in [0.5, 0.6) is 0 Å². The number of esters is 1. The van der Waals surface area contributed by atoms with E-state index >= 15 is 0 Å². The molecule has 0 aliphatic rings. The van der Waals surface area contributed by atoms with Crippen LogP contribution in [0, 0.1) is 5.92 Å². The number of carbonyl (C=O) groups excluding carboxylic acids is 2. The van der Waals surface area contributed by atoms with Gasteiger partial charge >= 0.3 is 5.97 Å². The Morgan fingerprint density at radius 2 is 2.00 bits per heavy atom. The summed E-state index contributed by atoms with van der Waals surface area (Å²) in [6.45, 7) is 5.63. The summed E-state index contributed by atoms with van der Waals surface area (Å²) >= 11 is 0. The van der Waals surface area contributed by atoms with E-state index in [0.29, 0.717) is 5.69 Å². The molecule has 1 aromatic heterocycles. The maximum absolute atomic E-state index is 12.0. The van der Waals surface area contributed by atoms with E-state index in [4.69, 9.17) is 4.74 Å². The molecule has 1 amide bonds. The average Bonchev–Trinajstić information content (AvgIpc) is 2.78. The third kappa shape index (κ3) is 2.66. The van der Waals surface area contributed by atoms with Crippen molar-refractivity contribution in [2.24, 2.45) is 5.92 Å². The topological polar surface area (TPSA) is 71.2 Å². The van der Waals surface area contributed by atoms with Crippen molar-refractivity contribution in [3.8, 4) is 0 Å². The van der Waals surface area contributed by atoms with Gasteiger partial charge in [-0.05, 0) is 13.0 Å². The molecule has 0 saturated carbocycles. The first-order valence-corrected chi connectivity index (χ1v) is 6.63. The van der Waals surface area contributed by atoms with Crippen molar-refractivity contribution in [3.63, 3.8) is 0 Å². The van der Waals surface area contributed by atoms with E-state index in [-0.39, 0.29) is 24.1 Å². The predicted octanol–water partition coefficient (Wildman–Crippen LogP) is 2.94. The molecular formula is C15H18N2O3. The highest BCUT2D eigenvalue weighted by Gasteiger charge is 2.21. The van der Waals surface area contributed by atoms with Crippen LogP contribution in [0.2, 0.25) is 0 Å². The predicted molar refractivity (Wildman–Crippen MR) is 77.7 cm³/mol. The molecule has 0 aliphatic carbocycles. The number of H-pyrrole nitrogens is 1. The average molecular weight is 274 g/mol. The monoisotopic (exact) mass is 274 g/mol. The highest BCUT2D eigenvalue weighted by atomic mass is 16.5. The second kappa shape index (κ2) is 5.77. The van der Waals surface area contributed by atoms with E-state index in [0.717, 1.165) is 10.9 Å². The summed E-state index contributed by atoms with van der Waals surface area (Å²) in [5.74, 6) is -0.776. The van der Waals surface area contributed by atoms with Crippen molar-refractivity contribution in [1.82, 2.24) is 4.98 Å². The van der Waals surface area contributed by atoms with E-state index in [9.17, 15) is 9.59 Å². The normalized spacial score (nSPS) is 10.8. The molecule has 0 unspecified atom stereocenters. The minimum absolute atomic E-state index is 0.139. The summed E-state index contributed by atoms with van der Waals surface area (Å²) in [5.41, 5.74) is 1.55. The molecule has 5 heteroatoms. The number of aromatic amines is 1. The fraction of sp³-hybridized carbons (Fsp3) is 0.333. The van der Waals surface area contributed by atoms with Crippen molar-refractivity contribution >= 4 is 28.5 Å². The van der Waals surface area contributed by atoms with Crippen LogP contribution in [0.25, 0.3) is 10.9 Å². The molecule has 2 aromatic rings. The second-order valence-electron chi connectivity index (χ2n) is 4.79. The van der Waals surface area contributed by atoms with Gasteiger partial charge in [-0.1, -0.05) is 32.0 Å². The first kappa shape index (κ1) is 14.1. The summed E-state index contributed by atoms with van der Waals surface area (Å²) in [4.78, 5) is 26.9. The molecule has 1 heterocycles. The van der Waals surface area contributed by atoms with Gasteiger partial charge in [-0.2, -0.15) is 0 Å². The Morgan fingerprint density at radius 1 is 1.30 bits per heavy atom. The van der Waals surface area contributed by atoms with E-state index in [1.807, 2.05) is 24.3 Å². The van der Waals surface area contributed by atoms with Gasteiger partial charge in [0.15, 0.2) is 0 Å². The van der Waals surface area contributed by atoms with Gasteiger partial charge in [0.1, 0.15) is 5.69 Å². The third-order valence-electron chi connectivity index (χ3n) is 2.96. The highest BCUT2D eigenvalue weighted by molar-refractivity contribution is 6.11. The maximum atomic E-state index is 12.0.